The third-order valence-corrected chi connectivity index (χ3v) is 6.51. The van der Waals surface area contributed by atoms with Crippen LogP contribution >= 0.6 is 11.8 Å². The Balaban J connectivity index is 1.62. The molecular weight excluding hydrogens is 432 g/mol. The van der Waals surface area contributed by atoms with Gasteiger partial charge < -0.3 is 14.0 Å². The SMILES string of the molecule is CCOC(=O)c1ccc2c(c1)nc(SCc1cccc(C)c1)n2CCc1ccc(OC)cc1. The van der Waals surface area contributed by atoms with Gasteiger partial charge in [-0.3, -0.25) is 0 Å². The number of methoxy groups -OCH3 is 1. The predicted molar refractivity (Wildman–Crippen MR) is 133 cm³/mol. The molecule has 0 aliphatic heterocycles. The third kappa shape index (κ3) is 5.57. The van der Waals surface area contributed by atoms with Crippen molar-refractivity contribution in [2.24, 2.45) is 0 Å². The zero-order valence-electron chi connectivity index (χ0n) is 19.2. The average Bonchev–Trinajstić information content (AvgIpc) is 3.18. The summed E-state index contributed by atoms with van der Waals surface area (Å²) in [4.78, 5) is 17.1. The van der Waals surface area contributed by atoms with Crippen molar-refractivity contribution in [3.63, 3.8) is 0 Å². The van der Waals surface area contributed by atoms with E-state index in [4.69, 9.17) is 14.5 Å². The molecule has 0 aliphatic rings. The molecule has 1 heterocycles. The number of nitrogens with zero attached hydrogens (tertiary/aromatic N) is 2. The largest absolute Gasteiger partial charge is 0.497 e. The van der Waals surface area contributed by atoms with Crippen LogP contribution in [0.5, 0.6) is 5.75 Å². The minimum Gasteiger partial charge on any atom is -0.497 e. The van der Waals surface area contributed by atoms with Crippen LogP contribution in [0.4, 0.5) is 0 Å². The number of hydrogen-bond donors (Lipinski definition) is 0. The fourth-order valence-electron chi connectivity index (χ4n) is 3.76. The topological polar surface area (TPSA) is 53.3 Å². The Bertz CT molecular complexity index is 1250. The summed E-state index contributed by atoms with van der Waals surface area (Å²) in [6.45, 7) is 5.06. The molecule has 0 spiro atoms. The Morgan fingerprint density at radius 2 is 1.85 bits per heavy atom. The molecule has 1 aromatic heterocycles. The fourth-order valence-corrected chi connectivity index (χ4v) is 4.74. The molecule has 0 radical (unpaired) electrons. The third-order valence-electron chi connectivity index (χ3n) is 5.46. The van der Waals surface area contributed by atoms with Crippen LogP contribution in [0.2, 0.25) is 0 Å². The van der Waals surface area contributed by atoms with E-state index < -0.39 is 0 Å². The molecule has 0 unspecified atom stereocenters. The number of carbonyl (C=O) groups is 1. The van der Waals surface area contributed by atoms with Crippen molar-refractivity contribution in [1.82, 2.24) is 9.55 Å². The number of carbonyl (C=O) groups excluding carboxylic acids is 1. The van der Waals surface area contributed by atoms with Gasteiger partial charge in [-0.2, -0.15) is 0 Å². The maximum Gasteiger partial charge on any atom is 0.338 e. The fraction of sp³-hybridized carbons (Fsp3) is 0.259. The van der Waals surface area contributed by atoms with Gasteiger partial charge in [0.15, 0.2) is 5.16 Å². The maximum absolute atomic E-state index is 12.2. The van der Waals surface area contributed by atoms with E-state index in [9.17, 15) is 4.79 Å². The van der Waals surface area contributed by atoms with E-state index in [1.807, 2.05) is 37.3 Å². The summed E-state index contributed by atoms with van der Waals surface area (Å²) in [5.41, 5.74) is 6.10. The Morgan fingerprint density at radius 3 is 2.58 bits per heavy atom. The monoisotopic (exact) mass is 460 g/mol. The van der Waals surface area contributed by atoms with E-state index in [1.54, 1.807) is 18.9 Å². The second kappa shape index (κ2) is 10.6. The molecule has 0 atom stereocenters. The van der Waals surface area contributed by atoms with Gasteiger partial charge in [0.1, 0.15) is 5.75 Å². The number of rotatable bonds is 9. The highest BCUT2D eigenvalue weighted by atomic mass is 32.2. The van der Waals surface area contributed by atoms with Crippen molar-refractivity contribution in [3.8, 4) is 5.75 Å². The summed E-state index contributed by atoms with van der Waals surface area (Å²) < 4.78 is 12.7. The van der Waals surface area contributed by atoms with E-state index in [0.717, 1.165) is 40.7 Å². The van der Waals surface area contributed by atoms with Gasteiger partial charge >= 0.3 is 5.97 Å². The summed E-state index contributed by atoms with van der Waals surface area (Å²) >= 11 is 1.72. The minimum absolute atomic E-state index is 0.318. The molecule has 0 amide bonds. The quantitative estimate of drug-likeness (QED) is 0.224. The maximum atomic E-state index is 12.2. The molecule has 0 fully saturated rings. The first-order valence-electron chi connectivity index (χ1n) is 11.1. The zero-order chi connectivity index (χ0) is 23.2. The first-order valence-corrected chi connectivity index (χ1v) is 12.0. The van der Waals surface area contributed by atoms with Gasteiger partial charge in [0.25, 0.3) is 0 Å². The number of thioether (sulfide) groups is 1. The highest BCUT2D eigenvalue weighted by Gasteiger charge is 2.15. The Kier molecular flexibility index (Phi) is 7.35. The number of aromatic nitrogens is 2. The van der Waals surface area contributed by atoms with Gasteiger partial charge in [-0.1, -0.05) is 53.7 Å². The number of esters is 1. The normalized spacial score (nSPS) is 11.0. The van der Waals surface area contributed by atoms with E-state index >= 15 is 0 Å². The molecule has 4 rings (SSSR count). The molecule has 0 saturated heterocycles. The number of fused-ring (bicyclic) bond motifs is 1. The van der Waals surface area contributed by atoms with Crippen LogP contribution in [0.3, 0.4) is 0 Å². The van der Waals surface area contributed by atoms with Gasteiger partial charge in [-0.05, 0) is 61.7 Å². The van der Waals surface area contributed by atoms with Gasteiger partial charge in [-0.25, -0.2) is 9.78 Å². The Hall–Kier alpha value is -3.25. The molecular formula is C27H28N2O3S. The van der Waals surface area contributed by atoms with Crippen LogP contribution in [-0.4, -0.2) is 29.2 Å². The molecule has 0 aliphatic carbocycles. The summed E-state index contributed by atoms with van der Waals surface area (Å²) in [5, 5.41) is 0.945. The lowest BCUT2D eigenvalue weighted by Gasteiger charge is -2.10. The first kappa shape index (κ1) is 22.9. The average molecular weight is 461 g/mol. The molecule has 6 heteroatoms. The van der Waals surface area contributed by atoms with Crippen LogP contribution in [0.25, 0.3) is 11.0 Å². The second-order valence-electron chi connectivity index (χ2n) is 7.85. The first-order chi connectivity index (χ1) is 16.1. The number of aryl methyl sites for hydroxylation is 3. The number of benzene rings is 3. The van der Waals surface area contributed by atoms with E-state index in [2.05, 4.69) is 47.9 Å². The van der Waals surface area contributed by atoms with E-state index in [-0.39, 0.29) is 5.97 Å². The zero-order valence-corrected chi connectivity index (χ0v) is 20.0. The van der Waals surface area contributed by atoms with Crippen molar-refractivity contribution in [3.05, 3.63) is 89.0 Å². The van der Waals surface area contributed by atoms with Crippen LogP contribution in [0.15, 0.2) is 71.9 Å². The van der Waals surface area contributed by atoms with Gasteiger partial charge in [0.05, 0.1) is 30.3 Å². The van der Waals surface area contributed by atoms with Crippen LogP contribution < -0.4 is 4.74 Å². The van der Waals surface area contributed by atoms with Crippen molar-refractivity contribution in [2.75, 3.05) is 13.7 Å². The molecule has 33 heavy (non-hydrogen) atoms. The standard InChI is InChI=1S/C27H28N2O3S/c1-4-32-26(30)22-10-13-25-24(17-22)28-27(33-18-21-7-5-6-19(2)16-21)29(25)15-14-20-8-11-23(31-3)12-9-20/h5-13,16-17H,4,14-15,18H2,1-3H3. The smallest absolute Gasteiger partial charge is 0.338 e. The summed E-state index contributed by atoms with van der Waals surface area (Å²) in [5.74, 6) is 1.37. The molecule has 4 aromatic rings. The number of hydrogen-bond acceptors (Lipinski definition) is 5. The van der Waals surface area contributed by atoms with Crippen molar-refractivity contribution < 1.29 is 14.3 Å². The highest BCUT2D eigenvalue weighted by Crippen LogP contribution is 2.28. The Labute approximate surface area is 198 Å². The second-order valence-corrected chi connectivity index (χ2v) is 8.79. The van der Waals surface area contributed by atoms with Crippen LogP contribution in [0, 0.1) is 6.92 Å². The molecule has 0 N–H and O–H groups in total. The number of imidazole rings is 1. The Morgan fingerprint density at radius 1 is 1.03 bits per heavy atom. The highest BCUT2D eigenvalue weighted by molar-refractivity contribution is 7.98. The number of ether oxygens (including phenoxy) is 2. The summed E-state index contributed by atoms with van der Waals surface area (Å²) in [6.07, 6.45) is 0.868. The summed E-state index contributed by atoms with van der Waals surface area (Å²) in [6, 6.07) is 22.3. The lowest BCUT2D eigenvalue weighted by molar-refractivity contribution is 0.0526. The van der Waals surface area contributed by atoms with Crippen LogP contribution in [-0.2, 0) is 23.5 Å². The molecule has 5 nitrogen and oxygen atoms in total. The van der Waals surface area contributed by atoms with Crippen molar-refractivity contribution in [2.45, 2.75) is 37.7 Å². The van der Waals surface area contributed by atoms with E-state index in [1.165, 1.54) is 16.7 Å². The van der Waals surface area contributed by atoms with Crippen LogP contribution in [0.1, 0.15) is 34.0 Å². The molecule has 3 aromatic carbocycles. The summed E-state index contributed by atoms with van der Waals surface area (Å²) in [7, 11) is 1.68. The molecule has 0 bridgehead atoms. The molecule has 170 valence electrons. The van der Waals surface area contributed by atoms with E-state index in [0.29, 0.717) is 12.2 Å². The van der Waals surface area contributed by atoms with Gasteiger partial charge in [0.2, 0.25) is 0 Å². The lowest BCUT2D eigenvalue weighted by Crippen LogP contribution is -2.05. The minimum atomic E-state index is -0.318. The van der Waals surface area contributed by atoms with Gasteiger partial charge in [-0.15, -0.1) is 0 Å². The lowest BCUT2D eigenvalue weighted by atomic mass is 10.1. The van der Waals surface area contributed by atoms with Crippen molar-refractivity contribution >= 4 is 28.8 Å². The predicted octanol–water partition coefficient (Wildman–Crippen LogP) is 6.07. The van der Waals surface area contributed by atoms with Crippen molar-refractivity contribution in [1.29, 1.82) is 0 Å². The van der Waals surface area contributed by atoms with Gasteiger partial charge in [0, 0.05) is 12.3 Å². The molecule has 0 saturated carbocycles.